The standard InChI is InChI=1S/C23H28BrClN2O3/c1-5-20(23(29)26-15(2)3)27(13-17-8-6-16(4)7-9-17)22(28)14-30-21-11-10-18(24)12-19(21)25/h6-12,15,20H,5,13-14H2,1-4H3,(H,26,29)/t20-/m1/s1. The zero-order chi connectivity index (χ0) is 22.3. The molecule has 0 fully saturated rings. The maximum atomic E-state index is 13.1. The molecule has 1 N–H and O–H groups in total. The van der Waals surface area contributed by atoms with Gasteiger partial charge in [-0.2, -0.15) is 0 Å². The lowest BCUT2D eigenvalue weighted by Gasteiger charge is -2.31. The Bertz CT molecular complexity index is 871. The zero-order valence-corrected chi connectivity index (χ0v) is 20.1. The second kappa shape index (κ2) is 11.4. The number of carbonyl (C=O) groups excluding carboxylic acids is 2. The largest absolute Gasteiger partial charge is 0.482 e. The van der Waals surface area contributed by atoms with Gasteiger partial charge >= 0.3 is 0 Å². The molecule has 0 spiro atoms. The van der Waals surface area contributed by atoms with Crippen molar-refractivity contribution >= 4 is 39.3 Å². The summed E-state index contributed by atoms with van der Waals surface area (Å²) in [5.41, 5.74) is 2.08. The Morgan fingerprint density at radius 3 is 2.40 bits per heavy atom. The number of rotatable bonds is 9. The molecule has 2 rings (SSSR count). The second-order valence-corrected chi connectivity index (χ2v) is 8.78. The Morgan fingerprint density at radius 1 is 1.17 bits per heavy atom. The molecule has 0 aliphatic rings. The number of carbonyl (C=O) groups is 2. The van der Waals surface area contributed by atoms with Crippen molar-refractivity contribution in [1.82, 2.24) is 10.2 Å². The number of hydrogen-bond donors (Lipinski definition) is 1. The van der Waals surface area contributed by atoms with E-state index >= 15 is 0 Å². The molecule has 0 aliphatic carbocycles. The molecule has 0 bridgehead atoms. The van der Waals surface area contributed by atoms with Gasteiger partial charge in [-0.3, -0.25) is 9.59 Å². The van der Waals surface area contributed by atoms with Crippen LogP contribution in [0.15, 0.2) is 46.9 Å². The van der Waals surface area contributed by atoms with Crippen LogP contribution in [0.4, 0.5) is 0 Å². The Hall–Kier alpha value is -2.05. The van der Waals surface area contributed by atoms with Crippen molar-refractivity contribution in [3.8, 4) is 5.75 Å². The van der Waals surface area contributed by atoms with Gasteiger partial charge in [0.15, 0.2) is 6.61 Å². The van der Waals surface area contributed by atoms with Gasteiger partial charge in [0.25, 0.3) is 5.91 Å². The lowest BCUT2D eigenvalue weighted by Crippen LogP contribution is -2.51. The van der Waals surface area contributed by atoms with Crippen LogP contribution in [0.1, 0.15) is 38.3 Å². The van der Waals surface area contributed by atoms with Gasteiger partial charge in [-0.05, 0) is 51.0 Å². The fourth-order valence-electron chi connectivity index (χ4n) is 3.01. The highest BCUT2D eigenvalue weighted by atomic mass is 79.9. The maximum Gasteiger partial charge on any atom is 0.261 e. The maximum absolute atomic E-state index is 13.1. The Morgan fingerprint density at radius 2 is 1.83 bits per heavy atom. The summed E-state index contributed by atoms with van der Waals surface area (Å²) in [7, 11) is 0. The van der Waals surface area contributed by atoms with Crippen LogP contribution in [0.3, 0.4) is 0 Å². The quantitative estimate of drug-likeness (QED) is 0.525. The van der Waals surface area contributed by atoms with E-state index in [0.29, 0.717) is 23.7 Å². The number of aryl methyl sites for hydroxylation is 1. The summed E-state index contributed by atoms with van der Waals surface area (Å²) in [6.45, 7) is 7.81. The van der Waals surface area contributed by atoms with E-state index in [1.807, 2.05) is 52.0 Å². The monoisotopic (exact) mass is 494 g/mol. The third-order valence-corrected chi connectivity index (χ3v) is 5.32. The Kier molecular flexibility index (Phi) is 9.18. The summed E-state index contributed by atoms with van der Waals surface area (Å²) in [5, 5.41) is 3.32. The van der Waals surface area contributed by atoms with Crippen molar-refractivity contribution in [2.75, 3.05) is 6.61 Å². The van der Waals surface area contributed by atoms with E-state index in [-0.39, 0.29) is 24.5 Å². The number of hydrogen-bond acceptors (Lipinski definition) is 3. The van der Waals surface area contributed by atoms with E-state index in [4.69, 9.17) is 16.3 Å². The normalized spacial score (nSPS) is 11.8. The lowest BCUT2D eigenvalue weighted by molar-refractivity contribution is -0.143. The second-order valence-electron chi connectivity index (χ2n) is 7.46. The first-order chi connectivity index (χ1) is 14.2. The topological polar surface area (TPSA) is 58.6 Å². The van der Waals surface area contributed by atoms with Gasteiger partial charge in [-0.15, -0.1) is 0 Å². The third kappa shape index (κ3) is 7.03. The molecular weight excluding hydrogens is 468 g/mol. The first-order valence-corrected chi connectivity index (χ1v) is 11.1. The van der Waals surface area contributed by atoms with Gasteiger partial charge in [0, 0.05) is 17.1 Å². The van der Waals surface area contributed by atoms with Crippen molar-refractivity contribution < 1.29 is 14.3 Å². The lowest BCUT2D eigenvalue weighted by atomic mass is 10.1. The zero-order valence-electron chi connectivity index (χ0n) is 17.7. The van der Waals surface area contributed by atoms with Crippen LogP contribution < -0.4 is 10.1 Å². The Balaban J connectivity index is 2.22. The molecule has 0 radical (unpaired) electrons. The summed E-state index contributed by atoms with van der Waals surface area (Å²) in [5.74, 6) is -0.0295. The van der Waals surface area contributed by atoms with E-state index in [1.165, 1.54) is 0 Å². The van der Waals surface area contributed by atoms with Crippen LogP contribution in [0.25, 0.3) is 0 Å². The highest BCUT2D eigenvalue weighted by Crippen LogP contribution is 2.28. The molecule has 5 nitrogen and oxygen atoms in total. The summed E-state index contributed by atoms with van der Waals surface area (Å²) >= 11 is 9.54. The molecule has 7 heteroatoms. The van der Waals surface area contributed by atoms with E-state index in [0.717, 1.165) is 15.6 Å². The fourth-order valence-corrected chi connectivity index (χ4v) is 3.73. The molecule has 1 atom stereocenters. The SMILES string of the molecule is CC[C@H](C(=O)NC(C)C)N(Cc1ccc(C)cc1)C(=O)COc1ccc(Br)cc1Cl. The van der Waals surface area contributed by atoms with E-state index < -0.39 is 6.04 Å². The summed E-state index contributed by atoms with van der Waals surface area (Å²) in [6.07, 6.45) is 0.495. The number of benzene rings is 2. The van der Waals surface area contributed by atoms with Gasteiger partial charge in [-0.25, -0.2) is 0 Å². The van der Waals surface area contributed by atoms with Crippen LogP contribution in [0.2, 0.25) is 5.02 Å². The van der Waals surface area contributed by atoms with Crippen LogP contribution in [0.5, 0.6) is 5.75 Å². The van der Waals surface area contributed by atoms with Crippen LogP contribution in [-0.2, 0) is 16.1 Å². The number of nitrogens with zero attached hydrogens (tertiary/aromatic N) is 1. The van der Waals surface area contributed by atoms with Crippen molar-refractivity contribution in [2.45, 2.75) is 52.7 Å². The van der Waals surface area contributed by atoms with Crippen molar-refractivity contribution in [3.63, 3.8) is 0 Å². The molecule has 2 amide bonds. The van der Waals surface area contributed by atoms with Crippen LogP contribution >= 0.6 is 27.5 Å². The Labute approximate surface area is 191 Å². The molecule has 0 saturated carbocycles. The first-order valence-electron chi connectivity index (χ1n) is 9.94. The number of ether oxygens (including phenoxy) is 1. The van der Waals surface area contributed by atoms with E-state index in [2.05, 4.69) is 21.2 Å². The van der Waals surface area contributed by atoms with Crippen molar-refractivity contribution in [3.05, 3.63) is 63.1 Å². The number of amides is 2. The van der Waals surface area contributed by atoms with Crippen molar-refractivity contribution in [1.29, 1.82) is 0 Å². The van der Waals surface area contributed by atoms with E-state index in [1.54, 1.807) is 23.1 Å². The summed E-state index contributed by atoms with van der Waals surface area (Å²) < 4.78 is 6.49. The molecule has 0 aromatic heterocycles. The minimum atomic E-state index is -0.592. The van der Waals surface area contributed by atoms with E-state index in [9.17, 15) is 9.59 Å². The van der Waals surface area contributed by atoms with Crippen molar-refractivity contribution in [2.24, 2.45) is 0 Å². The molecule has 2 aromatic rings. The predicted molar refractivity (Wildman–Crippen MR) is 124 cm³/mol. The number of halogens is 2. The summed E-state index contributed by atoms with van der Waals surface area (Å²) in [6, 6.07) is 12.5. The minimum Gasteiger partial charge on any atom is -0.482 e. The molecule has 0 aliphatic heterocycles. The predicted octanol–water partition coefficient (Wildman–Crippen LogP) is 5.12. The average molecular weight is 496 g/mol. The van der Waals surface area contributed by atoms with Crippen LogP contribution in [-0.4, -0.2) is 35.4 Å². The average Bonchev–Trinajstić information content (AvgIpc) is 2.68. The van der Waals surface area contributed by atoms with Gasteiger partial charge in [-0.1, -0.05) is 64.3 Å². The molecule has 30 heavy (non-hydrogen) atoms. The first kappa shape index (κ1) is 24.2. The summed E-state index contributed by atoms with van der Waals surface area (Å²) in [4.78, 5) is 27.5. The van der Waals surface area contributed by atoms with Gasteiger partial charge in [0.2, 0.25) is 5.91 Å². The fraction of sp³-hybridized carbons (Fsp3) is 0.391. The third-order valence-electron chi connectivity index (χ3n) is 4.54. The molecule has 2 aromatic carbocycles. The highest BCUT2D eigenvalue weighted by Gasteiger charge is 2.29. The smallest absolute Gasteiger partial charge is 0.261 e. The molecule has 0 saturated heterocycles. The van der Waals surface area contributed by atoms with Gasteiger partial charge < -0.3 is 15.0 Å². The van der Waals surface area contributed by atoms with Gasteiger partial charge in [0.1, 0.15) is 11.8 Å². The molecule has 0 unspecified atom stereocenters. The van der Waals surface area contributed by atoms with Gasteiger partial charge in [0.05, 0.1) is 5.02 Å². The molecule has 0 heterocycles. The molecular formula is C23H28BrClN2O3. The molecule has 162 valence electrons. The minimum absolute atomic E-state index is 0.0132. The van der Waals surface area contributed by atoms with Crippen LogP contribution in [0, 0.1) is 6.92 Å². The number of nitrogens with one attached hydrogen (secondary N) is 1. The highest BCUT2D eigenvalue weighted by molar-refractivity contribution is 9.10.